The first-order valence-electron chi connectivity index (χ1n) is 8.62. The van der Waals surface area contributed by atoms with E-state index in [0.717, 1.165) is 40.8 Å². The molecule has 2 aromatic rings. The Labute approximate surface area is 156 Å². The van der Waals surface area contributed by atoms with E-state index in [1.54, 1.807) is 0 Å². The summed E-state index contributed by atoms with van der Waals surface area (Å²) in [5.41, 5.74) is 1.60. The average molecular weight is 406 g/mol. The lowest BCUT2D eigenvalue weighted by Crippen LogP contribution is -2.40. The number of alkyl carbamates (subject to hydrolysis) is 1. The number of aromatic nitrogens is 2. The van der Waals surface area contributed by atoms with Crippen LogP contribution in [0.2, 0.25) is 0 Å². The van der Waals surface area contributed by atoms with Gasteiger partial charge in [0, 0.05) is 16.4 Å². The van der Waals surface area contributed by atoms with Crippen LogP contribution in [0.3, 0.4) is 0 Å². The van der Waals surface area contributed by atoms with E-state index >= 15 is 0 Å². The van der Waals surface area contributed by atoms with Crippen LogP contribution in [0.4, 0.5) is 4.79 Å². The first-order valence-corrected chi connectivity index (χ1v) is 9.41. The zero-order valence-corrected chi connectivity index (χ0v) is 16.4. The topological polar surface area (TPSA) is 67.0 Å². The second-order valence-corrected chi connectivity index (χ2v) is 8.39. The number of aromatic amines is 1. The minimum Gasteiger partial charge on any atom is -0.444 e. The third-order valence-corrected chi connectivity index (χ3v) is 4.85. The maximum Gasteiger partial charge on any atom is 0.407 e. The molecule has 1 saturated carbocycles. The van der Waals surface area contributed by atoms with Crippen molar-refractivity contribution in [1.29, 1.82) is 0 Å². The summed E-state index contributed by atoms with van der Waals surface area (Å²) in [6.45, 7) is 5.61. The largest absolute Gasteiger partial charge is 0.444 e. The maximum atomic E-state index is 12.1. The van der Waals surface area contributed by atoms with E-state index in [1.807, 2.05) is 51.2 Å². The number of benzene rings is 1. The number of carbonyl (C=O) groups is 1. The van der Waals surface area contributed by atoms with Crippen molar-refractivity contribution >= 4 is 22.0 Å². The van der Waals surface area contributed by atoms with Gasteiger partial charge < -0.3 is 15.0 Å². The quantitative estimate of drug-likeness (QED) is 0.754. The van der Waals surface area contributed by atoms with Crippen LogP contribution < -0.4 is 5.32 Å². The fourth-order valence-electron chi connectivity index (χ4n) is 3.22. The van der Waals surface area contributed by atoms with E-state index < -0.39 is 5.60 Å². The summed E-state index contributed by atoms with van der Waals surface area (Å²) in [7, 11) is 0. The Balaban J connectivity index is 1.70. The molecule has 1 heterocycles. The molecule has 1 amide bonds. The molecule has 1 fully saturated rings. The van der Waals surface area contributed by atoms with Gasteiger partial charge in [-0.25, -0.2) is 9.78 Å². The van der Waals surface area contributed by atoms with Gasteiger partial charge in [0.05, 0.1) is 11.9 Å². The molecule has 0 spiro atoms. The Morgan fingerprint density at radius 3 is 2.68 bits per heavy atom. The first-order chi connectivity index (χ1) is 11.8. The molecule has 1 aliphatic carbocycles. The van der Waals surface area contributed by atoms with Crippen LogP contribution in [-0.2, 0) is 4.74 Å². The highest BCUT2D eigenvalue weighted by Gasteiger charge is 2.33. The molecule has 1 aliphatic rings. The number of amides is 1. The van der Waals surface area contributed by atoms with E-state index in [4.69, 9.17) is 4.74 Å². The molecule has 2 atom stereocenters. The van der Waals surface area contributed by atoms with E-state index in [9.17, 15) is 4.79 Å². The summed E-state index contributed by atoms with van der Waals surface area (Å²) in [4.78, 5) is 20.1. The van der Waals surface area contributed by atoms with Crippen LogP contribution in [0, 0.1) is 0 Å². The van der Waals surface area contributed by atoms with Gasteiger partial charge in [0.15, 0.2) is 0 Å². The van der Waals surface area contributed by atoms with Gasteiger partial charge in [-0.2, -0.15) is 0 Å². The third kappa shape index (κ3) is 4.63. The normalized spacial score (nSPS) is 20.5. The summed E-state index contributed by atoms with van der Waals surface area (Å²) in [5.74, 6) is 1.12. The molecule has 0 aliphatic heterocycles. The lowest BCUT2D eigenvalue weighted by atomic mass is 10.0. The Bertz CT molecular complexity index is 734. The number of H-pyrrole nitrogens is 1. The Kier molecular flexibility index (Phi) is 5.18. The van der Waals surface area contributed by atoms with E-state index in [1.165, 1.54) is 0 Å². The Morgan fingerprint density at radius 2 is 2.00 bits per heavy atom. The van der Waals surface area contributed by atoms with Gasteiger partial charge >= 0.3 is 6.09 Å². The van der Waals surface area contributed by atoms with Crippen LogP contribution in [0.15, 0.2) is 34.9 Å². The smallest absolute Gasteiger partial charge is 0.407 e. The van der Waals surface area contributed by atoms with Crippen molar-refractivity contribution in [2.45, 2.75) is 57.6 Å². The zero-order valence-electron chi connectivity index (χ0n) is 14.8. The number of nitrogens with one attached hydrogen (secondary N) is 2. The van der Waals surface area contributed by atoms with Gasteiger partial charge in [-0.05, 0) is 51.3 Å². The third-order valence-electron chi connectivity index (χ3n) is 4.32. The number of hydrogen-bond donors (Lipinski definition) is 2. The highest BCUT2D eigenvalue weighted by Crippen LogP contribution is 2.34. The van der Waals surface area contributed by atoms with Gasteiger partial charge in [-0.1, -0.05) is 34.5 Å². The fraction of sp³-hybridized carbons (Fsp3) is 0.474. The highest BCUT2D eigenvalue weighted by molar-refractivity contribution is 9.10. The van der Waals surface area contributed by atoms with E-state index in [-0.39, 0.29) is 18.1 Å². The van der Waals surface area contributed by atoms with Crippen LogP contribution in [0.1, 0.15) is 51.8 Å². The van der Waals surface area contributed by atoms with Crippen LogP contribution in [0.5, 0.6) is 0 Å². The predicted octanol–water partition coefficient (Wildman–Crippen LogP) is 5.00. The molecule has 0 bridgehead atoms. The minimum atomic E-state index is -0.488. The Morgan fingerprint density at radius 1 is 1.28 bits per heavy atom. The molecule has 0 radical (unpaired) electrons. The SMILES string of the molecule is CC(C)(C)OC(=O)N[C@@H]1CCC[C@H]1c1ncc(-c2ccc(Br)cc2)[nH]1. The standard InChI is InChI=1S/C19H24BrN3O2/c1-19(2,3)25-18(24)23-15-6-4-5-14(15)17-21-11-16(22-17)12-7-9-13(20)10-8-12/h7-11,14-15H,4-6H2,1-3H3,(H,21,22)(H,23,24)/t14-,15-/m1/s1. The molecule has 134 valence electrons. The monoisotopic (exact) mass is 405 g/mol. The Hall–Kier alpha value is -1.82. The van der Waals surface area contributed by atoms with Crippen LogP contribution >= 0.6 is 15.9 Å². The van der Waals surface area contributed by atoms with Crippen molar-refractivity contribution in [3.8, 4) is 11.3 Å². The summed E-state index contributed by atoms with van der Waals surface area (Å²) in [5, 5.41) is 3.01. The molecular weight excluding hydrogens is 382 g/mol. The van der Waals surface area contributed by atoms with Gasteiger partial charge in [-0.15, -0.1) is 0 Å². The molecule has 1 aromatic carbocycles. The maximum absolute atomic E-state index is 12.1. The average Bonchev–Trinajstić information content (AvgIpc) is 3.14. The summed E-state index contributed by atoms with van der Waals surface area (Å²) in [6.07, 6.45) is 4.52. The van der Waals surface area contributed by atoms with E-state index in [2.05, 4.69) is 31.2 Å². The zero-order chi connectivity index (χ0) is 18.0. The van der Waals surface area contributed by atoms with Crippen molar-refractivity contribution in [3.05, 3.63) is 40.8 Å². The summed E-state index contributed by atoms with van der Waals surface area (Å²) < 4.78 is 6.43. The number of nitrogens with zero attached hydrogens (tertiary/aromatic N) is 1. The summed E-state index contributed by atoms with van der Waals surface area (Å²) in [6, 6.07) is 8.17. The molecular formula is C19H24BrN3O2. The van der Waals surface area contributed by atoms with Gasteiger partial charge in [0.25, 0.3) is 0 Å². The second kappa shape index (κ2) is 7.20. The fourth-order valence-corrected chi connectivity index (χ4v) is 3.48. The van der Waals surface area contributed by atoms with Crippen LogP contribution in [-0.4, -0.2) is 27.7 Å². The number of halogens is 1. The minimum absolute atomic E-state index is 0.0544. The molecule has 5 nitrogen and oxygen atoms in total. The number of imidazole rings is 1. The summed E-state index contributed by atoms with van der Waals surface area (Å²) >= 11 is 3.45. The van der Waals surface area contributed by atoms with Crippen LogP contribution in [0.25, 0.3) is 11.3 Å². The lowest BCUT2D eigenvalue weighted by molar-refractivity contribution is 0.0500. The van der Waals surface area contributed by atoms with Gasteiger partial charge in [0.1, 0.15) is 11.4 Å². The van der Waals surface area contributed by atoms with Gasteiger partial charge in [0.2, 0.25) is 0 Å². The predicted molar refractivity (Wildman–Crippen MR) is 101 cm³/mol. The van der Waals surface area contributed by atoms with Crippen molar-refractivity contribution < 1.29 is 9.53 Å². The van der Waals surface area contributed by atoms with Crippen molar-refractivity contribution in [2.75, 3.05) is 0 Å². The number of carbonyl (C=O) groups excluding carboxylic acids is 1. The molecule has 0 saturated heterocycles. The number of ether oxygens (including phenoxy) is 1. The lowest BCUT2D eigenvalue weighted by Gasteiger charge is -2.24. The second-order valence-electron chi connectivity index (χ2n) is 7.48. The molecule has 6 heteroatoms. The van der Waals surface area contributed by atoms with E-state index in [0.29, 0.717) is 0 Å². The molecule has 0 unspecified atom stereocenters. The first kappa shape index (κ1) is 18.0. The number of hydrogen-bond acceptors (Lipinski definition) is 3. The van der Waals surface area contributed by atoms with Crippen molar-refractivity contribution in [1.82, 2.24) is 15.3 Å². The van der Waals surface area contributed by atoms with Crippen molar-refractivity contribution in [2.24, 2.45) is 0 Å². The number of rotatable bonds is 3. The molecule has 1 aromatic heterocycles. The van der Waals surface area contributed by atoms with Crippen molar-refractivity contribution in [3.63, 3.8) is 0 Å². The molecule has 2 N–H and O–H groups in total. The molecule has 3 rings (SSSR count). The van der Waals surface area contributed by atoms with Gasteiger partial charge in [-0.3, -0.25) is 0 Å². The molecule has 25 heavy (non-hydrogen) atoms. The highest BCUT2D eigenvalue weighted by atomic mass is 79.9.